The number of aromatic nitrogens is 3. The Bertz CT molecular complexity index is 1190. The van der Waals surface area contributed by atoms with Gasteiger partial charge in [0.05, 0.1) is 12.0 Å². The molecule has 32 heavy (non-hydrogen) atoms. The number of aryl methyl sites for hydroxylation is 1. The van der Waals surface area contributed by atoms with Gasteiger partial charge in [0.25, 0.3) is 5.91 Å². The Balaban J connectivity index is 1.35. The van der Waals surface area contributed by atoms with Gasteiger partial charge in [0.2, 0.25) is 5.82 Å². The molecule has 1 fully saturated rings. The van der Waals surface area contributed by atoms with Crippen molar-refractivity contribution in [2.24, 2.45) is 5.92 Å². The first-order valence-corrected chi connectivity index (χ1v) is 11.1. The molecule has 0 saturated carbocycles. The third kappa shape index (κ3) is 4.21. The van der Waals surface area contributed by atoms with Crippen LogP contribution in [0.25, 0.3) is 17.3 Å². The number of amides is 1. The lowest BCUT2D eigenvalue weighted by molar-refractivity contribution is 0.0678. The van der Waals surface area contributed by atoms with E-state index in [1.54, 1.807) is 10.9 Å². The number of carbonyl (C=O) groups is 1. The van der Waals surface area contributed by atoms with E-state index in [9.17, 15) is 4.79 Å². The van der Waals surface area contributed by atoms with Crippen molar-refractivity contribution in [1.29, 1.82) is 0 Å². The van der Waals surface area contributed by atoms with Gasteiger partial charge in [-0.25, -0.2) is 4.68 Å². The fourth-order valence-corrected chi connectivity index (χ4v) is 4.34. The van der Waals surface area contributed by atoms with E-state index >= 15 is 0 Å². The molecule has 0 N–H and O–H groups in total. The lowest BCUT2D eigenvalue weighted by Crippen LogP contribution is -2.39. The number of hydrogen-bond donors (Lipinski definition) is 0. The van der Waals surface area contributed by atoms with Gasteiger partial charge < -0.3 is 9.32 Å². The number of carbonyl (C=O) groups excluding carboxylic acids is 1. The van der Waals surface area contributed by atoms with E-state index in [0.29, 0.717) is 17.5 Å². The van der Waals surface area contributed by atoms with E-state index < -0.39 is 0 Å². The summed E-state index contributed by atoms with van der Waals surface area (Å²) in [5.74, 6) is 1.79. The van der Waals surface area contributed by atoms with Crippen molar-refractivity contribution in [3.8, 4) is 17.3 Å². The van der Waals surface area contributed by atoms with Crippen LogP contribution in [0.1, 0.15) is 34.6 Å². The normalized spacial score (nSPS) is 14.6. The number of hydrogen-bond acceptors (Lipinski definition) is 4. The Morgan fingerprint density at radius 3 is 2.56 bits per heavy atom. The first kappa shape index (κ1) is 20.2. The van der Waals surface area contributed by atoms with Crippen LogP contribution in [-0.4, -0.2) is 38.7 Å². The van der Waals surface area contributed by atoms with E-state index in [4.69, 9.17) is 4.42 Å². The largest absolute Gasteiger partial charge is 0.461 e. The number of rotatable bonds is 5. The third-order valence-corrected chi connectivity index (χ3v) is 6.06. The Morgan fingerprint density at radius 2 is 1.84 bits per heavy atom. The summed E-state index contributed by atoms with van der Waals surface area (Å²) >= 11 is 0. The molecule has 0 spiro atoms. The molecule has 0 radical (unpaired) electrons. The number of benzene rings is 2. The van der Waals surface area contributed by atoms with Crippen LogP contribution >= 0.6 is 0 Å². The summed E-state index contributed by atoms with van der Waals surface area (Å²) in [7, 11) is 0. The van der Waals surface area contributed by atoms with Crippen LogP contribution in [0.4, 0.5) is 0 Å². The lowest BCUT2D eigenvalue weighted by Gasteiger charge is -2.31. The van der Waals surface area contributed by atoms with Crippen molar-refractivity contribution in [2.45, 2.75) is 26.2 Å². The summed E-state index contributed by atoms with van der Waals surface area (Å²) in [6, 6.07) is 22.2. The van der Waals surface area contributed by atoms with Gasteiger partial charge in [-0.05, 0) is 67.5 Å². The monoisotopic (exact) mass is 426 g/mol. The van der Waals surface area contributed by atoms with Crippen molar-refractivity contribution >= 4 is 5.91 Å². The Morgan fingerprint density at radius 1 is 1.03 bits per heavy atom. The molecular weight excluding hydrogens is 400 g/mol. The zero-order valence-corrected chi connectivity index (χ0v) is 18.1. The van der Waals surface area contributed by atoms with Gasteiger partial charge in [0, 0.05) is 13.1 Å². The molecule has 0 aliphatic carbocycles. The van der Waals surface area contributed by atoms with Crippen molar-refractivity contribution in [3.63, 3.8) is 0 Å². The van der Waals surface area contributed by atoms with Gasteiger partial charge in [-0.15, -0.1) is 5.10 Å². The van der Waals surface area contributed by atoms with Crippen LogP contribution < -0.4 is 0 Å². The highest BCUT2D eigenvalue weighted by Crippen LogP contribution is 2.25. The topological polar surface area (TPSA) is 64.2 Å². The van der Waals surface area contributed by atoms with Crippen molar-refractivity contribution in [1.82, 2.24) is 19.7 Å². The lowest BCUT2D eigenvalue weighted by atomic mass is 9.90. The molecule has 1 aliphatic rings. The first-order valence-electron chi connectivity index (χ1n) is 11.1. The maximum atomic E-state index is 13.3. The molecule has 162 valence electrons. The standard InChI is InChI=1S/C26H26N4O2/c1-19-7-5-10-22(17-19)30-25(23-11-6-16-32-23)27-24(28-30)26(31)29-14-12-21(13-15-29)18-20-8-3-2-4-9-20/h2-11,16-17,21H,12-15,18H2,1H3. The van der Waals surface area contributed by atoms with E-state index in [0.717, 1.165) is 43.6 Å². The molecule has 2 aromatic carbocycles. The Labute approximate surface area is 187 Å². The second-order valence-electron chi connectivity index (χ2n) is 8.41. The summed E-state index contributed by atoms with van der Waals surface area (Å²) in [6.07, 6.45) is 4.64. The molecule has 0 bridgehead atoms. The van der Waals surface area contributed by atoms with Gasteiger partial charge in [-0.2, -0.15) is 4.98 Å². The Hall–Kier alpha value is -3.67. The maximum Gasteiger partial charge on any atom is 0.293 e. The van der Waals surface area contributed by atoms with Crippen LogP contribution in [0.5, 0.6) is 0 Å². The quantitative estimate of drug-likeness (QED) is 0.454. The van der Waals surface area contributed by atoms with Gasteiger partial charge >= 0.3 is 0 Å². The van der Waals surface area contributed by atoms with E-state index in [1.165, 1.54) is 5.56 Å². The molecule has 0 unspecified atom stereocenters. The number of nitrogens with zero attached hydrogens (tertiary/aromatic N) is 4. The molecule has 3 heterocycles. The van der Waals surface area contributed by atoms with Gasteiger partial charge in [0.15, 0.2) is 11.6 Å². The predicted octanol–water partition coefficient (Wildman–Crippen LogP) is 4.93. The average Bonchev–Trinajstić information content (AvgIpc) is 3.50. The molecule has 1 amide bonds. The van der Waals surface area contributed by atoms with Crippen LogP contribution in [0.15, 0.2) is 77.4 Å². The molecular formula is C26H26N4O2. The molecule has 4 aromatic rings. The molecule has 5 rings (SSSR count). The summed E-state index contributed by atoms with van der Waals surface area (Å²) in [6.45, 7) is 3.48. The molecule has 6 nitrogen and oxygen atoms in total. The van der Waals surface area contributed by atoms with Crippen molar-refractivity contribution in [3.05, 3.63) is 89.9 Å². The molecule has 2 aromatic heterocycles. The van der Waals surface area contributed by atoms with Crippen LogP contribution in [0.3, 0.4) is 0 Å². The average molecular weight is 427 g/mol. The smallest absolute Gasteiger partial charge is 0.293 e. The van der Waals surface area contributed by atoms with Crippen LogP contribution in [-0.2, 0) is 6.42 Å². The molecule has 1 saturated heterocycles. The molecule has 0 atom stereocenters. The first-order chi connectivity index (χ1) is 15.7. The number of likely N-dealkylation sites (tertiary alicyclic amines) is 1. The summed E-state index contributed by atoms with van der Waals surface area (Å²) in [4.78, 5) is 19.7. The third-order valence-electron chi connectivity index (χ3n) is 6.06. The van der Waals surface area contributed by atoms with E-state index in [1.807, 2.05) is 54.3 Å². The predicted molar refractivity (Wildman–Crippen MR) is 123 cm³/mol. The van der Waals surface area contributed by atoms with E-state index in [2.05, 4.69) is 34.3 Å². The number of piperidine rings is 1. The van der Waals surface area contributed by atoms with Gasteiger partial charge in [-0.3, -0.25) is 4.79 Å². The van der Waals surface area contributed by atoms with Gasteiger partial charge in [0.1, 0.15) is 0 Å². The van der Waals surface area contributed by atoms with Crippen molar-refractivity contribution < 1.29 is 9.21 Å². The highest BCUT2D eigenvalue weighted by molar-refractivity contribution is 5.91. The highest BCUT2D eigenvalue weighted by Gasteiger charge is 2.28. The summed E-state index contributed by atoms with van der Waals surface area (Å²) < 4.78 is 7.27. The van der Waals surface area contributed by atoms with E-state index in [-0.39, 0.29) is 11.7 Å². The minimum absolute atomic E-state index is 0.123. The number of furan rings is 1. The second kappa shape index (κ2) is 8.83. The molecule has 6 heteroatoms. The maximum absolute atomic E-state index is 13.3. The highest BCUT2D eigenvalue weighted by atomic mass is 16.3. The van der Waals surface area contributed by atoms with Crippen LogP contribution in [0.2, 0.25) is 0 Å². The second-order valence-corrected chi connectivity index (χ2v) is 8.41. The zero-order valence-electron chi connectivity index (χ0n) is 18.1. The van der Waals surface area contributed by atoms with Crippen LogP contribution in [0, 0.1) is 12.8 Å². The minimum atomic E-state index is -0.123. The zero-order chi connectivity index (χ0) is 21.9. The fourth-order valence-electron chi connectivity index (χ4n) is 4.34. The molecule has 1 aliphatic heterocycles. The fraction of sp³-hybridized carbons (Fsp3) is 0.269. The summed E-state index contributed by atoms with van der Waals surface area (Å²) in [5, 5.41) is 4.59. The minimum Gasteiger partial charge on any atom is -0.461 e. The van der Waals surface area contributed by atoms with Crippen molar-refractivity contribution in [2.75, 3.05) is 13.1 Å². The van der Waals surface area contributed by atoms with Gasteiger partial charge in [-0.1, -0.05) is 42.5 Å². The summed E-state index contributed by atoms with van der Waals surface area (Å²) in [5.41, 5.74) is 3.32. The Kier molecular flexibility index (Phi) is 5.58. The SMILES string of the molecule is Cc1cccc(-n2nc(C(=O)N3CCC(Cc4ccccc4)CC3)nc2-c2ccco2)c1.